The topological polar surface area (TPSA) is 37.8 Å². The highest BCUT2D eigenvalue weighted by atomic mass is 35.5. The van der Waals surface area contributed by atoms with Crippen molar-refractivity contribution in [2.75, 3.05) is 6.54 Å². The second-order valence-electron chi connectivity index (χ2n) is 3.58. The minimum atomic E-state index is 0.182. The van der Waals surface area contributed by atoms with Crippen LogP contribution in [-0.4, -0.2) is 16.5 Å². The maximum atomic E-state index is 5.69. The molecule has 82 valence electrons. The van der Waals surface area contributed by atoms with Gasteiger partial charge in [-0.05, 0) is 20.8 Å². The van der Waals surface area contributed by atoms with Crippen molar-refractivity contribution in [2.45, 2.75) is 26.8 Å². The molecule has 0 amide bonds. The number of rotatable bonds is 4. The van der Waals surface area contributed by atoms with Gasteiger partial charge >= 0.3 is 0 Å². The Balaban J connectivity index is 2.73. The van der Waals surface area contributed by atoms with Gasteiger partial charge in [0.05, 0.1) is 0 Å². The van der Waals surface area contributed by atoms with E-state index in [-0.39, 0.29) is 6.04 Å². The normalized spacial score (nSPS) is 12.5. The molecule has 3 nitrogen and oxygen atoms in total. The Hall–Kier alpha value is -0.930. The number of aryl methyl sites for hydroxylation is 2. The summed E-state index contributed by atoms with van der Waals surface area (Å²) in [7, 11) is 0. The van der Waals surface area contributed by atoms with E-state index in [0.29, 0.717) is 11.6 Å². The maximum Gasteiger partial charge on any atom is 0.125 e. The molecule has 15 heavy (non-hydrogen) atoms. The Morgan fingerprint density at radius 3 is 2.80 bits per heavy atom. The summed E-state index contributed by atoms with van der Waals surface area (Å²) in [5, 5.41) is 3.85. The van der Waals surface area contributed by atoms with Crippen LogP contribution in [0.5, 0.6) is 0 Å². The monoisotopic (exact) mass is 225 g/mol. The Kier molecular flexibility index (Phi) is 4.24. The highest BCUT2D eigenvalue weighted by molar-refractivity contribution is 6.29. The van der Waals surface area contributed by atoms with Crippen LogP contribution in [0.3, 0.4) is 0 Å². The molecular weight excluding hydrogens is 210 g/mol. The minimum absolute atomic E-state index is 0.182. The number of nitrogens with zero attached hydrogens (tertiary/aromatic N) is 2. The number of aromatic nitrogens is 2. The molecule has 1 aromatic heterocycles. The van der Waals surface area contributed by atoms with Crippen molar-refractivity contribution in [2.24, 2.45) is 0 Å². The highest BCUT2D eigenvalue weighted by Crippen LogP contribution is 2.14. The summed E-state index contributed by atoms with van der Waals surface area (Å²) in [6.07, 6.45) is 1.85. The van der Waals surface area contributed by atoms with Crippen LogP contribution < -0.4 is 5.32 Å². The smallest absolute Gasteiger partial charge is 0.125 e. The standard InChI is InChI=1S/C11H16ClN3/c1-7(12)5-13-8(2)11-6-14-10(4)15-9(11)3/h6,8,13H,1,5H2,2-4H3. The summed E-state index contributed by atoms with van der Waals surface area (Å²) < 4.78 is 0. The third-order valence-electron chi connectivity index (χ3n) is 2.20. The van der Waals surface area contributed by atoms with Gasteiger partial charge in [-0.15, -0.1) is 0 Å². The lowest BCUT2D eigenvalue weighted by atomic mass is 10.1. The maximum absolute atomic E-state index is 5.69. The van der Waals surface area contributed by atoms with E-state index < -0.39 is 0 Å². The molecule has 1 aromatic rings. The van der Waals surface area contributed by atoms with Gasteiger partial charge in [-0.1, -0.05) is 18.2 Å². The first-order valence-electron chi connectivity index (χ1n) is 4.87. The quantitative estimate of drug-likeness (QED) is 0.856. The summed E-state index contributed by atoms with van der Waals surface area (Å²) in [5.74, 6) is 0.796. The van der Waals surface area contributed by atoms with E-state index in [1.165, 1.54) is 0 Å². The lowest BCUT2D eigenvalue weighted by Gasteiger charge is -2.15. The third kappa shape index (κ3) is 3.61. The fraction of sp³-hybridized carbons (Fsp3) is 0.455. The Morgan fingerprint density at radius 1 is 1.60 bits per heavy atom. The van der Waals surface area contributed by atoms with Crippen LogP contribution in [0.4, 0.5) is 0 Å². The van der Waals surface area contributed by atoms with E-state index in [1.807, 2.05) is 20.0 Å². The van der Waals surface area contributed by atoms with Crippen LogP contribution >= 0.6 is 11.6 Å². The number of hydrogen-bond acceptors (Lipinski definition) is 3. The van der Waals surface area contributed by atoms with Gasteiger partial charge in [-0.25, -0.2) is 9.97 Å². The zero-order valence-corrected chi connectivity index (χ0v) is 10.1. The van der Waals surface area contributed by atoms with Crippen LogP contribution in [0.25, 0.3) is 0 Å². The molecule has 0 bridgehead atoms. The van der Waals surface area contributed by atoms with Gasteiger partial charge in [0.15, 0.2) is 0 Å². The zero-order valence-electron chi connectivity index (χ0n) is 9.34. The van der Waals surface area contributed by atoms with E-state index in [0.717, 1.165) is 17.1 Å². The number of halogens is 1. The molecule has 0 aliphatic carbocycles. The molecule has 4 heteroatoms. The Bertz CT molecular complexity index is 363. The molecule has 0 saturated carbocycles. The van der Waals surface area contributed by atoms with Crippen molar-refractivity contribution in [3.05, 3.63) is 34.9 Å². The average Bonchev–Trinajstić information content (AvgIpc) is 2.14. The van der Waals surface area contributed by atoms with Gasteiger partial charge in [0, 0.05) is 35.1 Å². The summed E-state index contributed by atoms with van der Waals surface area (Å²) in [5.41, 5.74) is 2.10. The van der Waals surface area contributed by atoms with Crippen molar-refractivity contribution >= 4 is 11.6 Å². The van der Waals surface area contributed by atoms with Crippen molar-refractivity contribution < 1.29 is 0 Å². The predicted molar refractivity (Wildman–Crippen MR) is 62.9 cm³/mol. The largest absolute Gasteiger partial charge is 0.305 e. The molecule has 1 unspecified atom stereocenters. The van der Waals surface area contributed by atoms with Gasteiger partial charge < -0.3 is 5.32 Å². The number of nitrogens with one attached hydrogen (secondary N) is 1. The molecule has 0 aromatic carbocycles. The second kappa shape index (κ2) is 5.24. The number of hydrogen-bond donors (Lipinski definition) is 1. The minimum Gasteiger partial charge on any atom is -0.305 e. The SMILES string of the molecule is C=C(Cl)CNC(C)c1cnc(C)nc1C. The zero-order chi connectivity index (χ0) is 11.4. The molecule has 1 heterocycles. The summed E-state index contributed by atoms with van der Waals surface area (Å²) in [6.45, 7) is 10.1. The average molecular weight is 226 g/mol. The molecule has 0 radical (unpaired) electrons. The van der Waals surface area contributed by atoms with Gasteiger partial charge in [-0.3, -0.25) is 0 Å². The van der Waals surface area contributed by atoms with Crippen LogP contribution in [0.1, 0.15) is 30.0 Å². The van der Waals surface area contributed by atoms with E-state index in [4.69, 9.17) is 11.6 Å². The van der Waals surface area contributed by atoms with Crippen LogP contribution in [-0.2, 0) is 0 Å². The fourth-order valence-electron chi connectivity index (χ4n) is 1.39. The Morgan fingerprint density at radius 2 is 2.27 bits per heavy atom. The summed E-state index contributed by atoms with van der Waals surface area (Å²) in [4.78, 5) is 8.50. The van der Waals surface area contributed by atoms with Crippen molar-refractivity contribution in [1.29, 1.82) is 0 Å². The molecule has 0 fully saturated rings. The van der Waals surface area contributed by atoms with Gasteiger partial charge in [0.25, 0.3) is 0 Å². The van der Waals surface area contributed by atoms with Crippen LogP contribution in [0.2, 0.25) is 0 Å². The molecule has 1 rings (SSSR count). The molecule has 0 saturated heterocycles. The molecular formula is C11H16ClN3. The lowest BCUT2D eigenvalue weighted by molar-refractivity contribution is 0.604. The third-order valence-corrected chi connectivity index (χ3v) is 2.34. The summed E-state index contributed by atoms with van der Waals surface area (Å²) in [6, 6.07) is 0.182. The molecule has 0 aliphatic heterocycles. The Labute approximate surface area is 95.6 Å². The van der Waals surface area contributed by atoms with E-state index in [2.05, 4.69) is 28.8 Å². The molecule has 1 N–H and O–H groups in total. The van der Waals surface area contributed by atoms with Gasteiger partial charge in [0.2, 0.25) is 0 Å². The first-order chi connectivity index (χ1) is 7.00. The van der Waals surface area contributed by atoms with E-state index in [9.17, 15) is 0 Å². The fourth-order valence-corrected chi connectivity index (χ4v) is 1.47. The second-order valence-corrected chi connectivity index (χ2v) is 4.11. The van der Waals surface area contributed by atoms with E-state index in [1.54, 1.807) is 0 Å². The van der Waals surface area contributed by atoms with E-state index >= 15 is 0 Å². The molecule has 0 spiro atoms. The predicted octanol–water partition coefficient (Wildman–Crippen LogP) is 2.50. The lowest BCUT2D eigenvalue weighted by Crippen LogP contribution is -2.21. The van der Waals surface area contributed by atoms with Crippen molar-refractivity contribution in [3.63, 3.8) is 0 Å². The van der Waals surface area contributed by atoms with Crippen LogP contribution in [0, 0.1) is 13.8 Å². The highest BCUT2D eigenvalue weighted by Gasteiger charge is 2.09. The van der Waals surface area contributed by atoms with Crippen molar-refractivity contribution in [3.8, 4) is 0 Å². The van der Waals surface area contributed by atoms with Gasteiger partial charge in [0.1, 0.15) is 5.82 Å². The first-order valence-corrected chi connectivity index (χ1v) is 5.25. The first kappa shape index (κ1) is 12.1. The molecule has 1 atom stereocenters. The van der Waals surface area contributed by atoms with Crippen molar-refractivity contribution in [1.82, 2.24) is 15.3 Å². The van der Waals surface area contributed by atoms with Crippen LogP contribution in [0.15, 0.2) is 17.8 Å². The summed E-state index contributed by atoms with van der Waals surface area (Å²) >= 11 is 5.69. The molecule has 0 aliphatic rings. The van der Waals surface area contributed by atoms with Gasteiger partial charge in [-0.2, -0.15) is 0 Å².